The molecule has 1 rings (SSSR count). The van der Waals surface area contributed by atoms with Crippen LogP contribution in [0.3, 0.4) is 0 Å². The molecule has 1 aromatic heterocycles. The zero-order valence-corrected chi connectivity index (χ0v) is 10.3. The lowest BCUT2D eigenvalue weighted by molar-refractivity contribution is 0.317. The SMILES string of the molecule is CCCCOP(=O)(/C=C/O)c1cccs1. The predicted octanol–water partition coefficient (Wildman–Crippen LogP) is 3.50. The van der Waals surface area contributed by atoms with Crippen molar-refractivity contribution in [3.63, 3.8) is 0 Å². The molecule has 1 heterocycles. The molecule has 1 N–H and O–H groups in total. The fourth-order valence-electron chi connectivity index (χ4n) is 1.06. The topological polar surface area (TPSA) is 46.5 Å². The molecule has 0 amide bonds. The van der Waals surface area contributed by atoms with Gasteiger partial charge in [0, 0.05) is 5.82 Å². The van der Waals surface area contributed by atoms with Gasteiger partial charge in [0.1, 0.15) is 0 Å². The van der Waals surface area contributed by atoms with Crippen LogP contribution in [0.1, 0.15) is 19.8 Å². The van der Waals surface area contributed by atoms with Crippen molar-refractivity contribution in [2.45, 2.75) is 19.8 Å². The van der Waals surface area contributed by atoms with E-state index < -0.39 is 7.37 Å². The summed E-state index contributed by atoms with van der Waals surface area (Å²) >= 11 is 1.38. The van der Waals surface area contributed by atoms with Gasteiger partial charge in [-0.05, 0) is 17.9 Å². The second kappa shape index (κ2) is 6.11. The third-order valence-electron chi connectivity index (χ3n) is 1.86. The Bertz CT molecular complexity index is 346. The summed E-state index contributed by atoms with van der Waals surface area (Å²) in [6, 6.07) is 3.58. The molecule has 1 unspecified atom stereocenters. The number of aliphatic hydroxyl groups is 1. The maximum Gasteiger partial charge on any atom is 0.266 e. The molecule has 0 aromatic carbocycles. The fourth-order valence-corrected chi connectivity index (χ4v) is 3.85. The van der Waals surface area contributed by atoms with Gasteiger partial charge in [-0.15, -0.1) is 11.3 Å². The van der Waals surface area contributed by atoms with Gasteiger partial charge >= 0.3 is 0 Å². The van der Waals surface area contributed by atoms with Crippen molar-refractivity contribution in [2.75, 3.05) is 6.61 Å². The zero-order valence-electron chi connectivity index (χ0n) is 8.63. The van der Waals surface area contributed by atoms with Crippen LogP contribution in [-0.2, 0) is 9.09 Å². The Kier molecular flexibility index (Phi) is 5.09. The summed E-state index contributed by atoms with van der Waals surface area (Å²) in [4.78, 5) is 0. The average molecular weight is 246 g/mol. The van der Waals surface area contributed by atoms with E-state index in [-0.39, 0.29) is 0 Å². The van der Waals surface area contributed by atoms with Crippen molar-refractivity contribution >= 4 is 23.3 Å². The van der Waals surface area contributed by atoms with E-state index in [2.05, 4.69) is 0 Å². The molecule has 0 fully saturated rings. The number of aliphatic hydroxyl groups excluding tert-OH is 1. The van der Waals surface area contributed by atoms with Crippen molar-refractivity contribution in [1.82, 2.24) is 0 Å². The second-order valence-corrected chi connectivity index (χ2v) is 6.52. The Morgan fingerprint density at radius 3 is 3.00 bits per heavy atom. The minimum Gasteiger partial charge on any atom is -0.515 e. The summed E-state index contributed by atoms with van der Waals surface area (Å²) in [5, 5.41) is 10.6. The van der Waals surface area contributed by atoms with Crippen molar-refractivity contribution < 1.29 is 14.2 Å². The van der Waals surface area contributed by atoms with Gasteiger partial charge in [0.15, 0.2) is 0 Å². The zero-order chi connectivity index (χ0) is 11.1. The van der Waals surface area contributed by atoms with E-state index in [4.69, 9.17) is 9.63 Å². The molecule has 0 aliphatic heterocycles. The lowest BCUT2D eigenvalue weighted by Crippen LogP contribution is -2.02. The standard InChI is InChI=1S/C10H15O3PS/c1-2-3-7-13-14(12,8-6-11)10-5-4-9-15-10/h4-6,8-9,11H,2-3,7H2,1H3/b8-6+. The van der Waals surface area contributed by atoms with Crippen LogP contribution in [-0.4, -0.2) is 11.7 Å². The number of unbranched alkanes of at least 4 members (excludes halogenated alkanes) is 1. The van der Waals surface area contributed by atoms with E-state index in [1.165, 1.54) is 17.2 Å². The fraction of sp³-hybridized carbons (Fsp3) is 0.400. The monoisotopic (exact) mass is 246 g/mol. The highest BCUT2D eigenvalue weighted by Crippen LogP contribution is 2.48. The Balaban J connectivity index is 2.76. The van der Waals surface area contributed by atoms with E-state index in [1.807, 2.05) is 18.4 Å². The summed E-state index contributed by atoms with van der Waals surface area (Å²) in [7, 11) is -2.97. The molecule has 0 spiro atoms. The molecule has 84 valence electrons. The molecule has 1 atom stereocenters. The molecule has 3 nitrogen and oxygen atoms in total. The minimum absolute atomic E-state index is 0.454. The first kappa shape index (κ1) is 12.5. The first-order valence-corrected chi connectivity index (χ1v) is 7.40. The van der Waals surface area contributed by atoms with Crippen LogP contribution in [0.25, 0.3) is 0 Å². The number of hydrogen-bond donors (Lipinski definition) is 1. The molecule has 1 aromatic rings. The van der Waals surface area contributed by atoms with Crippen LogP contribution >= 0.6 is 18.7 Å². The summed E-state index contributed by atoms with van der Waals surface area (Å²) in [6.07, 6.45) is 2.66. The third kappa shape index (κ3) is 3.49. The quantitative estimate of drug-likeness (QED) is 0.474. The van der Waals surface area contributed by atoms with Gasteiger partial charge in [0.05, 0.1) is 17.5 Å². The number of thiophene rings is 1. The average Bonchev–Trinajstić information content (AvgIpc) is 2.72. The van der Waals surface area contributed by atoms with E-state index >= 15 is 0 Å². The minimum atomic E-state index is -2.97. The third-order valence-corrected chi connectivity index (χ3v) is 5.46. The smallest absolute Gasteiger partial charge is 0.266 e. The second-order valence-electron chi connectivity index (χ2n) is 3.03. The van der Waals surface area contributed by atoms with Gasteiger partial charge in [-0.1, -0.05) is 19.4 Å². The highest BCUT2D eigenvalue weighted by Gasteiger charge is 2.23. The van der Waals surface area contributed by atoms with E-state index in [9.17, 15) is 4.57 Å². The van der Waals surface area contributed by atoms with Crippen LogP contribution in [0.5, 0.6) is 0 Å². The maximum absolute atomic E-state index is 12.3. The van der Waals surface area contributed by atoms with Gasteiger partial charge in [-0.25, -0.2) is 0 Å². The van der Waals surface area contributed by atoms with E-state index in [1.54, 1.807) is 6.07 Å². The van der Waals surface area contributed by atoms with Gasteiger partial charge in [-0.3, -0.25) is 4.57 Å². The molecule has 0 saturated heterocycles. The number of rotatable bonds is 6. The van der Waals surface area contributed by atoms with Crippen molar-refractivity contribution in [3.8, 4) is 0 Å². The van der Waals surface area contributed by atoms with Gasteiger partial charge in [0.2, 0.25) is 0 Å². The lowest BCUT2D eigenvalue weighted by Gasteiger charge is -2.12. The lowest BCUT2D eigenvalue weighted by atomic mass is 10.4. The summed E-state index contributed by atoms with van der Waals surface area (Å²) < 4.78 is 18.3. The van der Waals surface area contributed by atoms with Gasteiger partial charge < -0.3 is 9.63 Å². The van der Waals surface area contributed by atoms with Crippen LogP contribution in [0.2, 0.25) is 0 Å². The first-order chi connectivity index (χ1) is 7.23. The molecular formula is C10H15O3PS. The van der Waals surface area contributed by atoms with Crippen LogP contribution in [0.15, 0.2) is 29.6 Å². The number of hydrogen-bond acceptors (Lipinski definition) is 4. The highest BCUT2D eigenvalue weighted by molar-refractivity contribution is 7.75. The summed E-state index contributed by atoms with van der Waals surface area (Å²) in [6.45, 7) is 2.50. The van der Waals surface area contributed by atoms with Crippen molar-refractivity contribution in [3.05, 3.63) is 29.6 Å². The molecule has 5 heteroatoms. The van der Waals surface area contributed by atoms with Gasteiger partial charge in [0.25, 0.3) is 7.37 Å². The molecule has 0 aliphatic carbocycles. The van der Waals surface area contributed by atoms with Crippen molar-refractivity contribution in [2.24, 2.45) is 0 Å². The van der Waals surface area contributed by atoms with Crippen LogP contribution < -0.4 is 4.62 Å². The van der Waals surface area contributed by atoms with Crippen molar-refractivity contribution in [1.29, 1.82) is 0 Å². The molecule has 0 aliphatic rings. The normalized spacial score (nSPS) is 15.5. The summed E-state index contributed by atoms with van der Waals surface area (Å²) in [5.41, 5.74) is 0. The van der Waals surface area contributed by atoms with E-state index in [0.29, 0.717) is 11.2 Å². The summed E-state index contributed by atoms with van der Waals surface area (Å²) in [5.74, 6) is 1.24. The van der Waals surface area contributed by atoms with Crippen LogP contribution in [0, 0.1) is 0 Å². The Hall–Kier alpha value is -0.570. The van der Waals surface area contributed by atoms with Gasteiger partial charge in [-0.2, -0.15) is 0 Å². The maximum atomic E-state index is 12.3. The Morgan fingerprint density at radius 1 is 1.67 bits per heavy atom. The largest absolute Gasteiger partial charge is 0.515 e. The molecule has 0 radical (unpaired) electrons. The molecule has 15 heavy (non-hydrogen) atoms. The molecular weight excluding hydrogens is 231 g/mol. The van der Waals surface area contributed by atoms with E-state index in [0.717, 1.165) is 19.1 Å². The Labute approximate surface area is 93.9 Å². The molecule has 0 bridgehead atoms. The predicted molar refractivity (Wildman–Crippen MR) is 64.2 cm³/mol. The Morgan fingerprint density at radius 2 is 2.47 bits per heavy atom. The highest BCUT2D eigenvalue weighted by atomic mass is 32.1. The first-order valence-electron chi connectivity index (χ1n) is 4.83. The molecule has 0 saturated carbocycles. The van der Waals surface area contributed by atoms with Crippen LogP contribution in [0.4, 0.5) is 0 Å².